The fraction of sp³-hybridized carbons (Fsp3) is 0.100. The largest absolute Gasteiger partial charge is 0.321 e. The van der Waals surface area contributed by atoms with Crippen LogP contribution in [0.5, 0.6) is 0 Å². The summed E-state index contributed by atoms with van der Waals surface area (Å²) < 4.78 is 2.46. The summed E-state index contributed by atoms with van der Waals surface area (Å²) >= 11 is 3.40. The number of hydrogen-bond donors (Lipinski definition) is 2. The number of carbonyl (C=O) groups excluding carboxylic acids is 1. The molecule has 1 amide bonds. The summed E-state index contributed by atoms with van der Waals surface area (Å²) in [6.45, 7) is 0.647. The molecule has 7 nitrogen and oxygen atoms in total. The number of aromatic nitrogens is 4. The molecule has 3 heterocycles. The van der Waals surface area contributed by atoms with Crippen LogP contribution in [0.1, 0.15) is 16.1 Å². The first-order valence-corrected chi connectivity index (χ1v) is 9.46. The SMILES string of the molecule is O=C(Nc1ccn(CCc2ccccn2)n1)c1cc(=O)[nH]c2c(Br)cccc12. The molecule has 0 unspecified atom stereocenters. The van der Waals surface area contributed by atoms with E-state index in [0.717, 1.165) is 16.6 Å². The number of halogens is 1. The number of aromatic amines is 1. The molecular formula is C20H16BrN5O2. The maximum Gasteiger partial charge on any atom is 0.257 e. The van der Waals surface area contributed by atoms with Crippen LogP contribution in [0.15, 0.2) is 70.2 Å². The fourth-order valence-electron chi connectivity index (χ4n) is 2.94. The number of nitrogens with zero attached hydrogens (tertiary/aromatic N) is 3. The van der Waals surface area contributed by atoms with Crippen molar-refractivity contribution < 1.29 is 4.79 Å². The number of para-hydroxylation sites is 1. The normalized spacial score (nSPS) is 10.9. The highest BCUT2D eigenvalue weighted by molar-refractivity contribution is 9.10. The molecule has 2 N–H and O–H groups in total. The summed E-state index contributed by atoms with van der Waals surface area (Å²) in [5.41, 5.74) is 1.51. The van der Waals surface area contributed by atoms with E-state index in [9.17, 15) is 9.59 Å². The third kappa shape index (κ3) is 3.86. The highest BCUT2D eigenvalue weighted by Crippen LogP contribution is 2.23. The molecule has 3 aromatic heterocycles. The fourth-order valence-corrected chi connectivity index (χ4v) is 3.41. The molecule has 4 rings (SSSR count). The van der Waals surface area contributed by atoms with Crippen molar-refractivity contribution in [1.29, 1.82) is 0 Å². The first-order valence-electron chi connectivity index (χ1n) is 8.66. The number of aryl methyl sites for hydroxylation is 2. The van der Waals surface area contributed by atoms with E-state index < -0.39 is 0 Å². The zero-order chi connectivity index (χ0) is 19.5. The Labute approximate surface area is 168 Å². The second-order valence-corrected chi connectivity index (χ2v) is 7.05. The van der Waals surface area contributed by atoms with Crippen molar-refractivity contribution in [2.24, 2.45) is 0 Å². The highest BCUT2D eigenvalue weighted by Gasteiger charge is 2.14. The number of rotatable bonds is 5. The van der Waals surface area contributed by atoms with E-state index in [1.54, 1.807) is 29.2 Å². The lowest BCUT2D eigenvalue weighted by atomic mass is 10.1. The smallest absolute Gasteiger partial charge is 0.257 e. The quantitative estimate of drug-likeness (QED) is 0.500. The summed E-state index contributed by atoms with van der Waals surface area (Å²) in [5, 5.41) is 7.79. The van der Waals surface area contributed by atoms with Gasteiger partial charge in [-0.2, -0.15) is 5.10 Å². The lowest BCUT2D eigenvalue weighted by molar-refractivity contribution is 0.102. The second-order valence-electron chi connectivity index (χ2n) is 6.20. The molecule has 1 aromatic carbocycles. The Bertz CT molecular complexity index is 1200. The average Bonchev–Trinajstić information content (AvgIpc) is 3.14. The molecule has 0 saturated heterocycles. The molecule has 0 aliphatic heterocycles. The third-order valence-electron chi connectivity index (χ3n) is 4.28. The maximum absolute atomic E-state index is 12.7. The zero-order valence-corrected chi connectivity index (χ0v) is 16.3. The van der Waals surface area contributed by atoms with E-state index in [1.165, 1.54) is 6.07 Å². The minimum absolute atomic E-state index is 0.295. The Morgan fingerprint density at radius 3 is 2.89 bits per heavy atom. The molecule has 0 fully saturated rings. The summed E-state index contributed by atoms with van der Waals surface area (Å²) in [6.07, 6.45) is 4.29. The molecule has 8 heteroatoms. The van der Waals surface area contributed by atoms with E-state index in [-0.39, 0.29) is 11.5 Å². The number of H-pyrrole nitrogens is 1. The molecule has 0 spiro atoms. The van der Waals surface area contributed by atoms with Gasteiger partial charge in [-0.1, -0.05) is 18.2 Å². The Hall–Kier alpha value is -3.26. The standard InChI is InChI=1S/C20H16BrN5O2/c21-16-6-3-5-14-15(12-18(27)24-19(14)16)20(28)23-17-8-11-26(25-17)10-7-13-4-1-2-9-22-13/h1-6,8-9,11-12H,7,10H2,(H,24,27)(H,23,25,28). The van der Waals surface area contributed by atoms with Gasteiger partial charge in [0.2, 0.25) is 5.56 Å². The van der Waals surface area contributed by atoms with Crippen LogP contribution in [-0.4, -0.2) is 25.7 Å². The van der Waals surface area contributed by atoms with Gasteiger partial charge in [0.15, 0.2) is 5.82 Å². The van der Waals surface area contributed by atoms with Crippen molar-refractivity contribution in [3.8, 4) is 0 Å². The monoisotopic (exact) mass is 437 g/mol. The molecule has 28 heavy (non-hydrogen) atoms. The van der Waals surface area contributed by atoms with E-state index in [1.807, 2.05) is 30.3 Å². The summed E-state index contributed by atoms with van der Waals surface area (Å²) in [4.78, 5) is 31.7. The Morgan fingerprint density at radius 1 is 1.18 bits per heavy atom. The Kier molecular flexibility index (Phi) is 5.03. The number of benzene rings is 1. The minimum atomic E-state index is -0.385. The van der Waals surface area contributed by atoms with Crippen molar-refractivity contribution in [3.05, 3.63) is 87.0 Å². The number of carbonyl (C=O) groups is 1. The Morgan fingerprint density at radius 2 is 2.07 bits per heavy atom. The highest BCUT2D eigenvalue weighted by atomic mass is 79.9. The second kappa shape index (κ2) is 7.77. The van der Waals surface area contributed by atoms with Gasteiger partial charge < -0.3 is 10.3 Å². The Balaban J connectivity index is 1.52. The number of fused-ring (bicyclic) bond motifs is 1. The predicted molar refractivity (Wildman–Crippen MR) is 110 cm³/mol. The third-order valence-corrected chi connectivity index (χ3v) is 4.94. The van der Waals surface area contributed by atoms with E-state index >= 15 is 0 Å². The van der Waals surface area contributed by atoms with Crippen LogP contribution < -0.4 is 10.9 Å². The van der Waals surface area contributed by atoms with Gasteiger partial charge >= 0.3 is 0 Å². The van der Waals surface area contributed by atoms with Crippen molar-refractivity contribution in [1.82, 2.24) is 19.7 Å². The molecule has 0 atom stereocenters. The maximum atomic E-state index is 12.7. The van der Waals surface area contributed by atoms with Crippen LogP contribution in [0.25, 0.3) is 10.9 Å². The van der Waals surface area contributed by atoms with Crippen molar-refractivity contribution in [2.45, 2.75) is 13.0 Å². The average molecular weight is 438 g/mol. The van der Waals surface area contributed by atoms with Gasteiger partial charge in [-0.15, -0.1) is 0 Å². The number of amides is 1. The molecule has 0 radical (unpaired) electrons. The number of nitrogens with one attached hydrogen (secondary N) is 2. The topological polar surface area (TPSA) is 92.7 Å². The summed E-state index contributed by atoms with van der Waals surface area (Å²) in [5.74, 6) is 0.0404. The molecular weight excluding hydrogens is 422 g/mol. The van der Waals surface area contributed by atoms with Crippen LogP contribution in [0.3, 0.4) is 0 Å². The van der Waals surface area contributed by atoms with Gasteiger partial charge in [-0.3, -0.25) is 19.3 Å². The van der Waals surface area contributed by atoms with E-state index in [0.29, 0.717) is 28.8 Å². The van der Waals surface area contributed by atoms with E-state index in [4.69, 9.17) is 0 Å². The lowest BCUT2D eigenvalue weighted by Crippen LogP contribution is -2.17. The molecule has 0 aliphatic rings. The summed E-state index contributed by atoms with van der Waals surface area (Å²) in [7, 11) is 0. The van der Waals surface area contributed by atoms with Crippen LogP contribution in [-0.2, 0) is 13.0 Å². The first-order chi connectivity index (χ1) is 13.6. The lowest BCUT2D eigenvalue weighted by Gasteiger charge is -2.07. The van der Waals surface area contributed by atoms with Crippen molar-refractivity contribution in [2.75, 3.05) is 5.32 Å². The van der Waals surface area contributed by atoms with E-state index in [2.05, 4.69) is 36.3 Å². The van der Waals surface area contributed by atoms with Crippen LogP contribution in [0.2, 0.25) is 0 Å². The van der Waals surface area contributed by atoms with Crippen molar-refractivity contribution >= 4 is 38.6 Å². The van der Waals surface area contributed by atoms with Crippen LogP contribution >= 0.6 is 15.9 Å². The van der Waals surface area contributed by atoms with Gasteiger partial charge in [0.1, 0.15) is 0 Å². The van der Waals surface area contributed by atoms with Crippen molar-refractivity contribution in [3.63, 3.8) is 0 Å². The van der Waals surface area contributed by atoms with Gasteiger partial charge in [0.05, 0.1) is 11.1 Å². The van der Waals surface area contributed by atoms with Crippen LogP contribution in [0, 0.1) is 0 Å². The molecule has 140 valence electrons. The molecule has 0 saturated carbocycles. The van der Waals surface area contributed by atoms with Gasteiger partial charge in [-0.25, -0.2) is 0 Å². The minimum Gasteiger partial charge on any atom is -0.321 e. The molecule has 4 aromatic rings. The number of anilines is 1. The zero-order valence-electron chi connectivity index (χ0n) is 14.7. The predicted octanol–water partition coefficient (Wildman–Crippen LogP) is 3.38. The summed E-state index contributed by atoms with van der Waals surface area (Å²) in [6, 6.07) is 14.2. The van der Waals surface area contributed by atoms with Crippen LogP contribution in [0.4, 0.5) is 5.82 Å². The van der Waals surface area contributed by atoms with Gasteiger partial charge in [0, 0.05) is 53.0 Å². The molecule has 0 bridgehead atoms. The first kappa shape index (κ1) is 18.1. The van der Waals surface area contributed by atoms with Gasteiger partial charge in [0.25, 0.3) is 5.91 Å². The number of pyridine rings is 2. The molecule has 0 aliphatic carbocycles. The van der Waals surface area contributed by atoms with Gasteiger partial charge in [-0.05, 0) is 34.1 Å². The number of hydrogen-bond acceptors (Lipinski definition) is 4.